The lowest BCUT2D eigenvalue weighted by molar-refractivity contribution is -0.130. The second-order valence-electron chi connectivity index (χ2n) is 8.90. The summed E-state index contributed by atoms with van der Waals surface area (Å²) in [6.07, 6.45) is 9.56. The number of amides is 1. The van der Waals surface area contributed by atoms with Gasteiger partial charge in [0.1, 0.15) is 5.75 Å². The summed E-state index contributed by atoms with van der Waals surface area (Å²) in [5, 5.41) is 0. The summed E-state index contributed by atoms with van der Waals surface area (Å²) >= 11 is 0. The van der Waals surface area contributed by atoms with Crippen molar-refractivity contribution in [3.8, 4) is 11.4 Å². The van der Waals surface area contributed by atoms with Gasteiger partial charge in [0.25, 0.3) is 0 Å². The first-order valence-corrected chi connectivity index (χ1v) is 11.3. The number of ether oxygens (including phenoxy) is 1. The summed E-state index contributed by atoms with van der Waals surface area (Å²) in [6.45, 7) is 4.92. The van der Waals surface area contributed by atoms with E-state index in [4.69, 9.17) is 4.74 Å². The number of benzene rings is 2. The third kappa shape index (κ3) is 3.72. The van der Waals surface area contributed by atoms with Crippen LogP contribution in [0.4, 0.5) is 0 Å². The number of imidazole rings is 1. The van der Waals surface area contributed by atoms with Crippen LogP contribution < -0.4 is 4.74 Å². The van der Waals surface area contributed by atoms with Gasteiger partial charge in [-0.2, -0.15) is 0 Å². The molecule has 5 nitrogen and oxygen atoms in total. The molecular weight excluding hydrogens is 398 g/mol. The highest BCUT2D eigenvalue weighted by molar-refractivity contribution is 5.98. The van der Waals surface area contributed by atoms with E-state index < -0.39 is 0 Å². The summed E-state index contributed by atoms with van der Waals surface area (Å²) in [4.78, 5) is 19.8. The zero-order valence-corrected chi connectivity index (χ0v) is 19.0. The minimum atomic E-state index is 0.181. The topological polar surface area (TPSA) is 47.4 Å². The van der Waals surface area contributed by atoms with Crippen molar-refractivity contribution in [1.29, 1.82) is 0 Å². The average Bonchev–Trinajstić information content (AvgIpc) is 3.41. The molecule has 164 valence electrons. The van der Waals surface area contributed by atoms with E-state index in [9.17, 15) is 4.79 Å². The monoisotopic (exact) mass is 427 g/mol. The molecule has 5 rings (SSSR count). The van der Waals surface area contributed by atoms with E-state index in [-0.39, 0.29) is 11.9 Å². The highest BCUT2D eigenvalue weighted by Gasteiger charge is 2.34. The van der Waals surface area contributed by atoms with Crippen LogP contribution in [0.2, 0.25) is 0 Å². The zero-order valence-electron chi connectivity index (χ0n) is 19.0. The number of aryl methyl sites for hydroxylation is 2. The molecule has 0 radical (unpaired) electrons. The number of carbonyl (C=O) groups excluding carboxylic acids is 1. The zero-order chi connectivity index (χ0) is 22.2. The van der Waals surface area contributed by atoms with E-state index in [1.807, 2.05) is 36.1 Å². The number of piperidine rings is 1. The van der Waals surface area contributed by atoms with E-state index in [1.165, 1.54) is 11.1 Å². The first-order valence-electron chi connectivity index (χ1n) is 11.3. The number of rotatable bonds is 4. The SMILES string of the molecule is COc1cccc2c1C[C@@H](N1CCC/C(=C\c3ccc(-n4cnc(C)c4)c(C)c3)C1=O)C2. The average molecular weight is 428 g/mol. The van der Waals surface area contributed by atoms with Gasteiger partial charge in [-0.3, -0.25) is 4.79 Å². The molecule has 1 aliphatic heterocycles. The Morgan fingerprint density at radius 2 is 2.03 bits per heavy atom. The number of aromatic nitrogens is 2. The van der Waals surface area contributed by atoms with Gasteiger partial charge in [0.15, 0.2) is 0 Å². The van der Waals surface area contributed by atoms with E-state index in [0.29, 0.717) is 0 Å². The molecule has 0 bridgehead atoms. The van der Waals surface area contributed by atoms with E-state index in [1.54, 1.807) is 7.11 Å². The van der Waals surface area contributed by atoms with Gasteiger partial charge < -0.3 is 14.2 Å². The van der Waals surface area contributed by atoms with Gasteiger partial charge >= 0.3 is 0 Å². The van der Waals surface area contributed by atoms with E-state index >= 15 is 0 Å². The fraction of sp³-hybridized carbons (Fsp3) is 0.333. The Morgan fingerprint density at radius 1 is 1.16 bits per heavy atom. The molecule has 0 spiro atoms. The number of likely N-dealkylation sites (tertiary alicyclic amines) is 1. The lowest BCUT2D eigenvalue weighted by Gasteiger charge is -2.33. The molecule has 2 aliphatic rings. The summed E-state index contributed by atoms with van der Waals surface area (Å²) in [7, 11) is 1.72. The molecule has 0 saturated carbocycles. The minimum absolute atomic E-state index is 0.181. The number of nitrogens with zero attached hydrogens (tertiary/aromatic N) is 3. The largest absolute Gasteiger partial charge is 0.496 e. The number of methoxy groups -OCH3 is 1. The van der Waals surface area contributed by atoms with Gasteiger partial charge in [-0.05, 0) is 86.1 Å². The predicted octanol–water partition coefficient (Wildman–Crippen LogP) is 4.67. The van der Waals surface area contributed by atoms with Crippen molar-refractivity contribution in [1.82, 2.24) is 14.5 Å². The Balaban J connectivity index is 1.36. The van der Waals surface area contributed by atoms with Crippen molar-refractivity contribution in [2.24, 2.45) is 0 Å². The smallest absolute Gasteiger partial charge is 0.250 e. The minimum Gasteiger partial charge on any atom is -0.496 e. The molecule has 1 fully saturated rings. The fourth-order valence-corrected chi connectivity index (χ4v) is 5.13. The molecule has 1 aliphatic carbocycles. The Morgan fingerprint density at radius 3 is 2.78 bits per heavy atom. The van der Waals surface area contributed by atoms with Gasteiger partial charge in [-0.1, -0.05) is 18.2 Å². The third-order valence-corrected chi connectivity index (χ3v) is 6.72. The molecule has 1 atom stereocenters. The van der Waals surface area contributed by atoms with Crippen molar-refractivity contribution in [2.45, 2.75) is 45.6 Å². The first kappa shape index (κ1) is 20.6. The van der Waals surface area contributed by atoms with Gasteiger partial charge in [0, 0.05) is 30.0 Å². The van der Waals surface area contributed by atoms with Crippen molar-refractivity contribution >= 4 is 12.0 Å². The van der Waals surface area contributed by atoms with Gasteiger partial charge in [0.05, 0.1) is 19.1 Å². The Kier molecular flexibility index (Phi) is 5.33. The molecule has 2 heterocycles. The molecule has 0 unspecified atom stereocenters. The van der Waals surface area contributed by atoms with E-state index in [2.05, 4.69) is 47.1 Å². The standard InChI is InChI=1S/C27H29N3O2/c1-18-12-20(9-10-25(18)29-16-19(2)28-17-29)13-22-7-5-11-30(27(22)31)23-14-21-6-4-8-26(32-3)24(21)15-23/h4,6,8-10,12-13,16-17,23H,5,7,11,14-15H2,1-3H3/b22-13+/t23-/m0/s1. The van der Waals surface area contributed by atoms with Crippen LogP contribution in [0.25, 0.3) is 11.8 Å². The number of hydrogen-bond acceptors (Lipinski definition) is 3. The van der Waals surface area contributed by atoms with Crippen molar-refractivity contribution in [2.75, 3.05) is 13.7 Å². The summed E-state index contributed by atoms with van der Waals surface area (Å²) in [5.74, 6) is 1.12. The molecule has 5 heteroatoms. The maximum Gasteiger partial charge on any atom is 0.250 e. The molecule has 1 saturated heterocycles. The number of hydrogen-bond donors (Lipinski definition) is 0. The summed E-state index contributed by atoms with van der Waals surface area (Å²) in [6, 6.07) is 12.8. The van der Waals surface area contributed by atoms with Gasteiger partial charge in [-0.25, -0.2) is 4.98 Å². The highest BCUT2D eigenvalue weighted by Crippen LogP contribution is 2.34. The fourth-order valence-electron chi connectivity index (χ4n) is 5.13. The third-order valence-electron chi connectivity index (χ3n) is 6.72. The van der Waals surface area contributed by atoms with Crippen LogP contribution in [-0.2, 0) is 17.6 Å². The molecular formula is C27H29N3O2. The molecule has 1 aromatic heterocycles. The Bertz CT molecular complexity index is 1210. The van der Waals surface area contributed by atoms with Crippen molar-refractivity contribution < 1.29 is 9.53 Å². The van der Waals surface area contributed by atoms with Crippen molar-refractivity contribution in [3.63, 3.8) is 0 Å². The number of fused-ring (bicyclic) bond motifs is 1. The maximum absolute atomic E-state index is 13.4. The van der Waals surface area contributed by atoms with Crippen LogP contribution in [-0.4, -0.2) is 40.1 Å². The van der Waals surface area contributed by atoms with Crippen LogP contribution in [0.1, 0.15) is 40.8 Å². The Labute approximate surface area is 189 Å². The van der Waals surface area contributed by atoms with Crippen LogP contribution in [0.15, 0.2) is 54.5 Å². The summed E-state index contributed by atoms with van der Waals surface area (Å²) in [5.41, 5.74) is 7.81. The summed E-state index contributed by atoms with van der Waals surface area (Å²) < 4.78 is 7.60. The second kappa shape index (κ2) is 8.30. The van der Waals surface area contributed by atoms with Crippen LogP contribution in [0, 0.1) is 13.8 Å². The molecule has 3 aromatic rings. The molecule has 1 amide bonds. The maximum atomic E-state index is 13.4. The quantitative estimate of drug-likeness (QED) is 0.569. The van der Waals surface area contributed by atoms with Crippen LogP contribution >= 0.6 is 0 Å². The van der Waals surface area contributed by atoms with Crippen LogP contribution in [0.5, 0.6) is 5.75 Å². The first-order chi connectivity index (χ1) is 15.5. The van der Waals surface area contributed by atoms with Crippen LogP contribution in [0.3, 0.4) is 0 Å². The molecule has 0 N–H and O–H groups in total. The lowest BCUT2D eigenvalue weighted by Crippen LogP contribution is -2.44. The lowest BCUT2D eigenvalue weighted by atomic mass is 9.97. The predicted molar refractivity (Wildman–Crippen MR) is 126 cm³/mol. The van der Waals surface area contributed by atoms with Gasteiger partial charge in [-0.15, -0.1) is 0 Å². The Hall–Kier alpha value is -3.34. The van der Waals surface area contributed by atoms with Gasteiger partial charge in [0.2, 0.25) is 5.91 Å². The number of carbonyl (C=O) groups is 1. The van der Waals surface area contributed by atoms with Crippen molar-refractivity contribution in [3.05, 3.63) is 82.4 Å². The second-order valence-corrected chi connectivity index (χ2v) is 8.90. The normalized spacial score (nSPS) is 19.5. The molecule has 32 heavy (non-hydrogen) atoms. The highest BCUT2D eigenvalue weighted by atomic mass is 16.5. The molecule has 2 aromatic carbocycles. The van der Waals surface area contributed by atoms with E-state index in [0.717, 1.165) is 66.1 Å².